The molecule has 1 saturated carbocycles. The van der Waals surface area contributed by atoms with Crippen molar-refractivity contribution in [1.29, 1.82) is 5.26 Å². The predicted molar refractivity (Wildman–Crippen MR) is 241 cm³/mol. The number of likely N-dealkylation sites (tertiary alicyclic amines) is 1. The number of fused-ring (bicyclic) bond motifs is 1. The highest BCUT2D eigenvalue weighted by atomic mass is 35.5. The van der Waals surface area contributed by atoms with Crippen LogP contribution in [0.4, 0.5) is 5.69 Å². The monoisotopic (exact) mass is 878 g/mol. The number of nitriles is 1. The largest absolute Gasteiger partial charge is 0.369 e. The van der Waals surface area contributed by atoms with Gasteiger partial charge in [-0.25, -0.2) is 0 Å². The molecule has 4 aromatic rings. The Morgan fingerprint density at radius 1 is 0.828 bits per heavy atom. The summed E-state index contributed by atoms with van der Waals surface area (Å²) in [5, 5.41) is 16.8. The van der Waals surface area contributed by atoms with Crippen molar-refractivity contribution in [2.45, 2.75) is 83.8 Å². The van der Waals surface area contributed by atoms with Gasteiger partial charge in [0.1, 0.15) is 12.1 Å². The molecule has 4 fully saturated rings. The van der Waals surface area contributed by atoms with E-state index in [1.54, 1.807) is 24.3 Å². The van der Waals surface area contributed by atoms with Crippen molar-refractivity contribution in [1.82, 2.24) is 29.8 Å². The van der Waals surface area contributed by atoms with E-state index in [0.29, 0.717) is 34.6 Å². The first-order valence-corrected chi connectivity index (χ1v) is 22.8. The highest BCUT2D eigenvalue weighted by Crippen LogP contribution is 2.34. The van der Waals surface area contributed by atoms with Crippen molar-refractivity contribution in [2.24, 2.45) is 11.8 Å². The molecular weight excluding hydrogens is 828 g/mol. The average Bonchev–Trinajstić information content (AvgIpc) is 3.74. The second-order valence-electron chi connectivity index (χ2n) is 17.8. The van der Waals surface area contributed by atoms with E-state index < -0.39 is 29.7 Å². The van der Waals surface area contributed by atoms with Crippen molar-refractivity contribution in [2.75, 3.05) is 44.2 Å². The molecule has 5 aliphatic rings. The van der Waals surface area contributed by atoms with E-state index >= 15 is 0 Å². The van der Waals surface area contributed by atoms with E-state index in [2.05, 4.69) is 76.0 Å². The lowest BCUT2D eigenvalue weighted by molar-refractivity contribution is -0.138. The first-order valence-electron chi connectivity index (χ1n) is 22.4. The maximum absolute atomic E-state index is 13.7. The number of imide groups is 2. The molecule has 64 heavy (non-hydrogen) atoms. The maximum Gasteiger partial charge on any atom is 0.262 e. The highest BCUT2D eigenvalue weighted by Gasteiger charge is 2.45. The summed E-state index contributed by atoms with van der Waals surface area (Å²) in [6.07, 6.45) is 5.72. The lowest BCUT2D eigenvalue weighted by atomic mass is 9.81. The Kier molecular flexibility index (Phi) is 12.1. The van der Waals surface area contributed by atoms with Crippen molar-refractivity contribution in [3.05, 3.63) is 105 Å². The van der Waals surface area contributed by atoms with Crippen LogP contribution < -0.4 is 10.2 Å². The maximum atomic E-state index is 13.7. The summed E-state index contributed by atoms with van der Waals surface area (Å²) < 4.78 is 2.00. The quantitative estimate of drug-likeness (QED) is 0.171. The number of aromatic nitrogens is 2. The van der Waals surface area contributed by atoms with Gasteiger partial charge in [-0.1, -0.05) is 41.6 Å². The lowest BCUT2D eigenvalue weighted by Gasteiger charge is -2.44. The smallest absolute Gasteiger partial charge is 0.262 e. The van der Waals surface area contributed by atoms with Gasteiger partial charge in [0, 0.05) is 86.1 Å². The van der Waals surface area contributed by atoms with Crippen molar-refractivity contribution in [3.8, 4) is 29.2 Å². The third-order valence-corrected chi connectivity index (χ3v) is 14.4. The first kappa shape index (κ1) is 43.0. The molecule has 9 rings (SSSR count). The van der Waals surface area contributed by atoms with Crippen LogP contribution >= 0.6 is 11.6 Å². The van der Waals surface area contributed by atoms with Gasteiger partial charge in [-0.05, 0) is 112 Å². The Morgan fingerprint density at radius 3 is 2.23 bits per heavy atom. The third-order valence-electron chi connectivity index (χ3n) is 14.0. The van der Waals surface area contributed by atoms with Gasteiger partial charge in [-0.3, -0.25) is 43.8 Å². The van der Waals surface area contributed by atoms with Crippen molar-refractivity contribution < 1.29 is 24.0 Å². The zero-order chi connectivity index (χ0) is 44.6. The topological polar surface area (TPSA) is 152 Å². The van der Waals surface area contributed by atoms with Crippen LogP contribution in [0.3, 0.4) is 0 Å². The molecule has 1 atom stereocenters. The van der Waals surface area contributed by atoms with E-state index in [4.69, 9.17) is 16.7 Å². The minimum atomic E-state index is -0.980. The predicted octanol–water partition coefficient (Wildman–Crippen LogP) is 6.11. The van der Waals surface area contributed by atoms with Crippen LogP contribution in [0.5, 0.6) is 0 Å². The molecule has 13 nitrogen and oxygen atoms in total. The molecule has 1 N–H and O–H groups in total. The summed E-state index contributed by atoms with van der Waals surface area (Å²) in [5.74, 6) is 5.53. The average molecular weight is 879 g/mol. The molecule has 5 amide bonds. The van der Waals surface area contributed by atoms with Crippen LogP contribution in [0.15, 0.2) is 60.7 Å². The van der Waals surface area contributed by atoms with Crippen LogP contribution in [0.2, 0.25) is 5.02 Å². The zero-order valence-corrected chi connectivity index (χ0v) is 37.0. The van der Waals surface area contributed by atoms with Crippen LogP contribution in [0, 0.1) is 48.9 Å². The Bertz CT molecular complexity index is 2630. The fourth-order valence-corrected chi connectivity index (χ4v) is 10.3. The van der Waals surface area contributed by atoms with E-state index in [9.17, 15) is 29.2 Å². The molecule has 0 bridgehead atoms. The minimum Gasteiger partial charge on any atom is -0.369 e. The Balaban J connectivity index is 0.709. The zero-order valence-electron chi connectivity index (χ0n) is 36.2. The van der Waals surface area contributed by atoms with Gasteiger partial charge >= 0.3 is 0 Å². The number of nitrogens with one attached hydrogen (secondary N) is 1. The molecule has 0 radical (unpaired) electrons. The van der Waals surface area contributed by atoms with Gasteiger partial charge in [0.15, 0.2) is 0 Å². The van der Waals surface area contributed by atoms with Gasteiger partial charge in [-0.2, -0.15) is 10.4 Å². The Labute approximate surface area is 378 Å². The first-order chi connectivity index (χ1) is 30.9. The summed E-state index contributed by atoms with van der Waals surface area (Å²) in [6, 6.07) is 20.6. The van der Waals surface area contributed by atoms with Gasteiger partial charge in [-0.15, -0.1) is 0 Å². The second kappa shape index (κ2) is 18.1. The van der Waals surface area contributed by atoms with Crippen molar-refractivity contribution in [3.63, 3.8) is 0 Å². The van der Waals surface area contributed by atoms with Gasteiger partial charge in [0.2, 0.25) is 17.7 Å². The third kappa shape index (κ3) is 8.55. The summed E-state index contributed by atoms with van der Waals surface area (Å²) >= 11 is 6.31. The molecule has 0 spiro atoms. The fraction of sp³-hybridized carbons (Fsp3) is 0.420. The number of halogens is 1. The summed E-state index contributed by atoms with van der Waals surface area (Å²) in [4.78, 5) is 72.2. The number of carbonyl (C=O) groups excluding carboxylic acids is 5. The number of piperazine rings is 1. The summed E-state index contributed by atoms with van der Waals surface area (Å²) in [6.45, 7) is 9.58. The van der Waals surface area contributed by atoms with Crippen LogP contribution in [0.25, 0.3) is 11.3 Å². The van der Waals surface area contributed by atoms with E-state index in [0.717, 1.165) is 122 Å². The number of benzene rings is 3. The molecule has 1 aliphatic carbocycles. The van der Waals surface area contributed by atoms with E-state index in [1.165, 1.54) is 0 Å². The van der Waals surface area contributed by atoms with Gasteiger partial charge in [0.25, 0.3) is 11.8 Å². The van der Waals surface area contributed by atoms with E-state index in [-0.39, 0.29) is 30.2 Å². The number of carbonyl (C=O) groups is 5. The number of anilines is 1. The van der Waals surface area contributed by atoms with Crippen LogP contribution in [-0.4, -0.2) is 105 Å². The highest BCUT2D eigenvalue weighted by molar-refractivity contribution is 6.32. The Morgan fingerprint density at radius 2 is 1.55 bits per heavy atom. The molecule has 4 aliphatic heterocycles. The molecule has 1 unspecified atom stereocenters. The van der Waals surface area contributed by atoms with Gasteiger partial charge < -0.3 is 9.80 Å². The normalized spacial score (nSPS) is 21.9. The van der Waals surface area contributed by atoms with E-state index in [1.807, 2.05) is 16.8 Å². The lowest BCUT2D eigenvalue weighted by Crippen LogP contribution is -2.54. The second-order valence-corrected chi connectivity index (χ2v) is 18.2. The molecule has 3 aromatic carbocycles. The SMILES string of the molecule is Cc1c(-c2ccc(C#N)c(Cl)c2)nn(Cc2ccc(C#C[C@H]3CC[C@H](C(=O)N4CCC(N5CCN(c6ccc7c(c6)C(=O)N(C6CCC(=O)NC6=O)C7=O)CC5)CC4)CC3)cc2)c1C. The molecule has 5 heterocycles. The summed E-state index contributed by atoms with van der Waals surface area (Å²) in [5.41, 5.74) is 7.90. The number of nitrogens with zero attached hydrogens (tertiary/aromatic N) is 7. The standard InChI is InChI=1S/C50H51ClN8O5/c1-31-32(2)58(54-46(31)37-13-14-38(29-52)43(51)27-37)30-35-7-5-33(6-8-35)3-4-34-9-11-36(12-10-34)48(62)57-21-19-39(20-22-57)55-23-25-56(26-24-55)40-15-16-41-42(28-40)50(64)59(49(41)63)44-17-18-45(60)53-47(44)61/h5-8,13-16,27-28,34,36,39,44H,9-12,17-26,30H2,1-2H3,(H,53,60,61)/t34-,36-,44?. The fourth-order valence-electron chi connectivity index (χ4n) is 10.1. The number of hydrogen-bond acceptors (Lipinski definition) is 9. The molecule has 14 heteroatoms. The Hall–Kier alpha value is -6.28. The number of amides is 5. The molecular formula is C50H51ClN8O5. The number of piperidine rings is 2. The molecule has 328 valence electrons. The molecule has 3 saturated heterocycles. The van der Waals surface area contributed by atoms with Gasteiger partial charge in [0.05, 0.1) is 34.0 Å². The van der Waals surface area contributed by atoms with Crippen LogP contribution in [-0.2, 0) is 20.9 Å². The number of hydrogen-bond donors (Lipinski definition) is 1. The van der Waals surface area contributed by atoms with Crippen LogP contribution in [0.1, 0.15) is 100 Å². The minimum absolute atomic E-state index is 0.0619. The molecule has 1 aromatic heterocycles. The summed E-state index contributed by atoms with van der Waals surface area (Å²) in [7, 11) is 0. The number of rotatable bonds is 7. The van der Waals surface area contributed by atoms with Crippen molar-refractivity contribution >= 4 is 46.8 Å².